The lowest BCUT2D eigenvalue weighted by Crippen LogP contribution is -2.15. The monoisotopic (exact) mass is 472 g/mol. The fourth-order valence-electron chi connectivity index (χ4n) is 3.24. The number of carbonyl (C=O) groups is 1. The number of rotatable bonds is 10. The first-order valence-electron chi connectivity index (χ1n) is 10.8. The number of aryl methyl sites for hydroxylation is 1. The van der Waals surface area contributed by atoms with E-state index in [-0.39, 0.29) is 18.9 Å². The second-order valence-electron chi connectivity index (χ2n) is 7.57. The fourth-order valence-corrected chi connectivity index (χ4v) is 3.24. The minimum absolute atomic E-state index is 0.107. The van der Waals surface area contributed by atoms with Crippen LogP contribution < -0.4 is 9.47 Å². The van der Waals surface area contributed by atoms with Crippen LogP contribution in [0.3, 0.4) is 0 Å². The van der Waals surface area contributed by atoms with Gasteiger partial charge in [0.2, 0.25) is 5.89 Å². The Labute approximate surface area is 202 Å². The van der Waals surface area contributed by atoms with Crippen molar-refractivity contribution in [3.05, 3.63) is 101 Å². The van der Waals surface area contributed by atoms with Gasteiger partial charge in [-0.2, -0.15) is 0 Å². The molecule has 0 aliphatic heterocycles. The molecule has 0 radical (unpaired) electrons. The Morgan fingerprint density at radius 3 is 2.29 bits per heavy atom. The van der Waals surface area contributed by atoms with E-state index < -0.39 is 5.97 Å². The Morgan fingerprint density at radius 1 is 0.943 bits per heavy atom. The third-order valence-electron chi connectivity index (χ3n) is 5.17. The molecule has 4 aromatic rings. The maximum Gasteiger partial charge on any atom is 0.358 e. The number of hydrogen-bond donors (Lipinski definition) is 1. The zero-order valence-corrected chi connectivity index (χ0v) is 19.3. The average Bonchev–Trinajstić information content (AvgIpc) is 3.27. The van der Waals surface area contributed by atoms with Gasteiger partial charge >= 0.3 is 5.97 Å². The Morgan fingerprint density at radius 2 is 1.63 bits per heavy atom. The SMILES string of the molecule is COc1ccc(/C(=N\OCc2ccc(OCc3nc(-c4ccccc4)oc3C)cc2)C(=O)O)cc1. The molecule has 0 saturated carbocycles. The molecular weight excluding hydrogens is 448 g/mol. The predicted octanol–water partition coefficient (Wildman–Crippen LogP) is 5.24. The Kier molecular flexibility index (Phi) is 7.42. The van der Waals surface area contributed by atoms with E-state index in [9.17, 15) is 9.90 Å². The van der Waals surface area contributed by atoms with Crippen LogP contribution in [0, 0.1) is 6.92 Å². The summed E-state index contributed by atoms with van der Waals surface area (Å²) in [6.07, 6.45) is 0. The molecule has 0 aliphatic rings. The number of benzene rings is 3. The van der Waals surface area contributed by atoms with E-state index in [2.05, 4.69) is 10.1 Å². The molecule has 8 nitrogen and oxygen atoms in total. The van der Waals surface area contributed by atoms with Gasteiger partial charge in [0.15, 0.2) is 5.71 Å². The van der Waals surface area contributed by atoms with Crippen molar-refractivity contribution >= 4 is 11.7 Å². The van der Waals surface area contributed by atoms with Gasteiger partial charge in [0.05, 0.1) is 7.11 Å². The largest absolute Gasteiger partial charge is 0.497 e. The molecule has 8 heteroatoms. The third kappa shape index (κ3) is 6.05. The second-order valence-corrected chi connectivity index (χ2v) is 7.57. The standard InChI is InChI=1S/C27H24N2O6/c1-18-24(28-26(35-18)21-6-4-3-5-7-21)17-33-23-12-8-19(9-13-23)16-34-29-25(27(30)31)20-10-14-22(32-2)15-11-20/h3-15H,16-17H2,1-2H3,(H,30,31)/b29-25+. The first-order chi connectivity index (χ1) is 17.0. The van der Waals surface area contributed by atoms with E-state index in [1.807, 2.05) is 49.4 Å². The molecule has 1 heterocycles. The van der Waals surface area contributed by atoms with Crippen molar-refractivity contribution in [3.8, 4) is 23.0 Å². The number of methoxy groups -OCH3 is 1. The summed E-state index contributed by atoms with van der Waals surface area (Å²) >= 11 is 0. The molecule has 0 spiro atoms. The van der Waals surface area contributed by atoms with Crippen molar-refractivity contribution in [1.29, 1.82) is 0 Å². The van der Waals surface area contributed by atoms with Gasteiger partial charge in [0.1, 0.15) is 36.2 Å². The summed E-state index contributed by atoms with van der Waals surface area (Å²) < 4.78 is 16.7. The number of oxazole rings is 1. The van der Waals surface area contributed by atoms with Gasteiger partial charge in [-0.25, -0.2) is 9.78 Å². The van der Waals surface area contributed by atoms with Gasteiger partial charge in [0.25, 0.3) is 0 Å². The number of nitrogens with zero attached hydrogens (tertiary/aromatic N) is 2. The Hall–Kier alpha value is -4.59. The van der Waals surface area contributed by atoms with E-state index in [0.717, 1.165) is 16.8 Å². The van der Waals surface area contributed by atoms with Crippen LogP contribution >= 0.6 is 0 Å². The minimum atomic E-state index is -1.18. The molecule has 0 saturated heterocycles. The van der Waals surface area contributed by atoms with Gasteiger partial charge in [0, 0.05) is 11.1 Å². The zero-order valence-electron chi connectivity index (χ0n) is 19.3. The number of oxime groups is 1. The molecular formula is C27H24N2O6. The third-order valence-corrected chi connectivity index (χ3v) is 5.17. The second kappa shape index (κ2) is 11.0. The highest BCUT2D eigenvalue weighted by atomic mass is 16.6. The molecule has 0 aliphatic carbocycles. The minimum Gasteiger partial charge on any atom is -0.497 e. The molecule has 0 unspecified atom stereocenters. The molecule has 0 amide bonds. The average molecular weight is 472 g/mol. The quantitative estimate of drug-likeness (QED) is 0.249. The first kappa shape index (κ1) is 23.6. The highest BCUT2D eigenvalue weighted by Gasteiger charge is 2.14. The maximum atomic E-state index is 11.6. The number of aromatic nitrogens is 1. The molecule has 1 aromatic heterocycles. The lowest BCUT2D eigenvalue weighted by atomic mass is 10.1. The number of carboxylic acid groups (broad SMARTS) is 1. The van der Waals surface area contributed by atoms with Crippen molar-refractivity contribution in [1.82, 2.24) is 4.98 Å². The molecule has 3 aromatic carbocycles. The fraction of sp³-hybridized carbons (Fsp3) is 0.148. The summed E-state index contributed by atoms with van der Waals surface area (Å²) in [6, 6.07) is 23.5. The van der Waals surface area contributed by atoms with Crippen molar-refractivity contribution < 1.29 is 28.6 Å². The van der Waals surface area contributed by atoms with Crippen LogP contribution in [0.5, 0.6) is 11.5 Å². The van der Waals surface area contributed by atoms with Crippen LogP contribution in [0.1, 0.15) is 22.6 Å². The van der Waals surface area contributed by atoms with E-state index in [1.54, 1.807) is 36.4 Å². The van der Waals surface area contributed by atoms with Crippen LogP contribution in [-0.2, 0) is 22.8 Å². The molecule has 178 valence electrons. The molecule has 35 heavy (non-hydrogen) atoms. The summed E-state index contributed by atoms with van der Waals surface area (Å²) in [5, 5.41) is 13.3. The van der Waals surface area contributed by atoms with Gasteiger partial charge in [-0.3, -0.25) is 0 Å². The summed E-state index contributed by atoms with van der Waals surface area (Å²) in [4.78, 5) is 21.4. The molecule has 0 bridgehead atoms. The topological polar surface area (TPSA) is 103 Å². The van der Waals surface area contributed by atoms with Crippen molar-refractivity contribution in [2.45, 2.75) is 20.1 Å². The first-order valence-corrected chi connectivity index (χ1v) is 10.8. The number of carboxylic acids is 1. The maximum absolute atomic E-state index is 11.6. The van der Waals surface area contributed by atoms with Crippen LogP contribution in [0.2, 0.25) is 0 Å². The summed E-state index contributed by atoms with van der Waals surface area (Å²) in [5.74, 6) is 1.36. The summed E-state index contributed by atoms with van der Waals surface area (Å²) in [6.45, 7) is 2.23. The lowest BCUT2D eigenvalue weighted by Gasteiger charge is -2.07. The highest BCUT2D eigenvalue weighted by molar-refractivity contribution is 6.42. The van der Waals surface area contributed by atoms with E-state index >= 15 is 0 Å². The van der Waals surface area contributed by atoms with E-state index in [0.29, 0.717) is 28.7 Å². The van der Waals surface area contributed by atoms with E-state index in [4.69, 9.17) is 18.7 Å². The number of aliphatic carboxylic acids is 1. The van der Waals surface area contributed by atoms with Crippen molar-refractivity contribution in [2.24, 2.45) is 5.16 Å². The van der Waals surface area contributed by atoms with Gasteiger partial charge in [-0.05, 0) is 61.0 Å². The molecule has 1 N–H and O–H groups in total. The van der Waals surface area contributed by atoms with Crippen LogP contribution in [0.4, 0.5) is 0 Å². The van der Waals surface area contributed by atoms with Crippen LogP contribution in [0.25, 0.3) is 11.5 Å². The Balaban J connectivity index is 1.33. The van der Waals surface area contributed by atoms with E-state index in [1.165, 1.54) is 7.11 Å². The number of hydrogen-bond acceptors (Lipinski definition) is 7. The van der Waals surface area contributed by atoms with Gasteiger partial charge < -0.3 is 23.8 Å². The number of ether oxygens (including phenoxy) is 2. The smallest absolute Gasteiger partial charge is 0.358 e. The zero-order chi connectivity index (χ0) is 24.6. The van der Waals surface area contributed by atoms with Crippen LogP contribution in [0.15, 0.2) is 88.4 Å². The van der Waals surface area contributed by atoms with Gasteiger partial charge in [-0.1, -0.05) is 35.5 Å². The Bertz CT molecular complexity index is 1300. The summed E-state index contributed by atoms with van der Waals surface area (Å²) in [5.41, 5.74) is 2.67. The molecule has 0 atom stereocenters. The lowest BCUT2D eigenvalue weighted by molar-refractivity contribution is -0.129. The summed E-state index contributed by atoms with van der Waals surface area (Å²) in [7, 11) is 1.54. The molecule has 0 fully saturated rings. The predicted molar refractivity (Wildman–Crippen MR) is 129 cm³/mol. The normalized spacial score (nSPS) is 11.2. The van der Waals surface area contributed by atoms with Gasteiger partial charge in [-0.15, -0.1) is 0 Å². The van der Waals surface area contributed by atoms with Crippen molar-refractivity contribution in [2.75, 3.05) is 7.11 Å². The van der Waals surface area contributed by atoms with Crippen LogP contribution in [-0.4, -0.2) is 28.9 Å². The molecule has 4 rings (SSSR count). The van der Waals surface area contributed by atoms with Crippen molar-refractivity contribution in [3.63, 3.8) is 0 Å². The highest BCUT2D eigenvalue weighted by Crippen LogP contribution is 2.23.